The van der Waals surface area contributed by atoms with Crippen molar-refractivity contribution in [3.8, 4) is 5.75 Å². The van der Waals surface area contributed by atoms with Crippen molar-refractivity contribution >= 4 is 5.96 Å². The molecule has 3 rings (SSSR count). The van der Waals surface area contributed by atoms with E-state index >= 15 is 0 Å². The zero-order valence-corrected chi connectivity index (χ0v) is 16.9. The molecule has 0 saturated carbocycles. The molecule has 0 aromatic heterocycles. The molecule has 1 fully saturated rings. The predicted molar refractivity (Wildman–Crippen MR) is 114 cm³/mol. The number of hydrogen-bond acceptors (Lipinski definition) is 3. The van der Waals surface area contributed by atoms with Gasteiger partial charge in [0.2, 0.25) is 0 Å². The van der Waals surface area contributed by atoms with Crippen molar-refractivity contribution in [2.24, 2.45) is 4.99 Å². The number of guanidine groups is 1. The highest BCUT2D eigenvalue weighted by molar-refractivity contribution is 5.79. The van der Waals surface area contributed by atoms with E-state index in [1.165, 1.54) is 11.1 Å². The van der Waals surface area contributed by atoms with Gasteiger partial charge in [0.25, 0.3) is 0 Å². The van der Waals surface area contributed by atoms with Gasteiger partial charge in [0.05, 0.1) is 7.11 Å². The van der Waals surface area contributed by atoms with Gasteiger partial charge >= 0.3 is 0 Å². The quantitative estimate of drug-likeness (QED) is 0.571. The first kappa shape index (κ1) is 20.2. The number of benzene rings is 2. The fourth-order valence-corrected chi connectivity index (χ4v) is 3.71. The van der Waals surface area contributed by atoms with E-state index in [2.05, 4.69) is 58.1 Å². The van der Waals surface area contributed by atoms with Crippen molar-refractivity contribution in [2.75, 3.05) is 40.5 Å². The lowest BCUT2D eigenvalue weighted by Gasteiger charge is -2.38. The minimum atomic E-state index is 0.0904. The van der Waals surface area contributed by atoms with Gasteiger partial charge in [0.1, 0.15) is 5.75 Å². The first-order chi connectivity index (χ1) is 13.8. The largest absolute Gasteiger partial charge is 0.497 e. The molecule has 2 aromatic rings. The van der Waals surface area contributed by atoms with Crippen LogP contribution < -0.4 is 15.4 Å². The second-order valence-electron chi connectivity index (χ2n) is 7.21. The molecule has 1 heterocycles. The lowest BCUT2D eigenvalue weighted by molar-refractivity contribution is 0.0514. The van der Waals surface area contributed by atoms with Crippen LogP contribution in [0.2, 0.25) is 0 Å². The molecule has 0 spiro atoms. The first-order valence-electron chi connectivity index (χ1n) is 9.96. The molecule has 0 aliphatic carbocycles. The summed E-state index contributed by atoms with van der Waals surface area (Å²) < 4.78 is 10.8. The van der Waals surface area contributed by atoms with Gasteiger partial charge in [0.15, 0.2) is 5.96 Å². The van der Waals surface area contributed by atoms with Crippen LogP contribution in [0.15, 0.2) is 59.6 Å². The van der Waals surface area contributed by atoms with Gasteiger partial charge in [0, 0.05) is 38.8 Å². The summed E-state index contributed by atoms with van der Waals surface area (Å²) in [5.41, 5.74) is 2.74. The highest BCUT2D eigenvalue weighted by atomic mass is 16.5. The summed E-state index contributed by atoms with van der Waals surface area (Å²) in [6, 6.07) is 19.0. The second kappa shape index (κ2) is 10.1. The normalized spacial score (nSPS) is 16.4. The molecule has 2 aromatic carbocycles. The zero-order chi connectivity index (χ0) is 19.7. The van der Waals surface area contributed by atoms with Crippen molar-refractivity contribution in [1.82, 2.24) is 10.6 Å². The molecule has 28 heavy (non-hydrogen) atoms. The Labute approximate surface area is 168 Å². The average molecular weight is 382 g/mol. The van der Waals surface area contributed by atoms with Crippen LogP contribution in [-0.2, 0) is 16.6 Å². The van der Waals surface area contributed by atoms with Crippen LogP contribution in [0, 0.1) is 0 Å². The van der Waals surface area contributed by atoms with Crippen LogP contribution >= 0.6 is 0 Å². The van der Waals surface area contributed by atoms with Crippen molar-refractivity contribution in [2.45, 2.75) is 24.7 Å². The minimum Gasteiger partial charge on any atom is -0.497 e. The summed E-state index contributed by atoms with van der Waals surface area (Å²) in [6.45, 7) is 3.29. The van der Waals surface area contributed by atoms with E-state index in [-0.39, 0.29) is 5.41 Å². The Bertz CT molecular complexity index is 738. The van der Waals surface area contributed by atoms with Crippen LogP contribution in [0.3, 0.4) is 0 Å². The third kappa shape index (κ3) is 5.26. The van der Waals surface area contributed by atoms with E-state index in [0.29, 0.717) is 0 Å². The predicted octanol–water partition coefficient (Wildman–Crippen LogP) is 3.15. The topological polar surface area (TPSA) is 54.9 Å². The Balaban J connectivity index is 1.54. The fraction of sp³-hybridized carbons (Fsp3) is 0.435. The molecular formula is C23H31N3O2. The minimum absolute atomic E-state index is 0.0904. The van der Waals surface area contributed by atoms with Gasteiger partial charge in [-0.05, 0) is 42.5 Å². The zero-order valence-electron chi connectivity index (χ0n) is 16.9. The van der Waals surface area contributed by atoms with E-state index in [4.69, 9.17) is 9.47 Å². The SMILES string of the molecule is CN=C(NCCc1ccc(OC)cc1)NCC1(c2ccccc2)CCOCC1. The van der Waals surface area contributed by atoms with E-state index in [1.807, 2.05) is 19.2 Å². The molecule has 0 unspecified atom stereocenters. The number of methoxy groups -OCH3 is 1. The average Bonchev–Trinajstić information content (AvgIpc) is 2.78. The van der Waals surface area contributed by atoms with Gasteiger partial charge in [-0.3, -0.25) is 4.99 Å². The van der Waals surface area contributed by atoms with E-state index in [1.54, 1.807) is 7.11 Å². The summed E-state index contributed by atoms with van der Waals surface area (Å²) in [6.07, 6.45) is 2.97. The van der Waals surface area contributed by atoms with Gasteiger partial charge in [-0.2, -0.15) is 0 Å². The molecular weight excluding hydrogens is 350 g/mol. The molecule has 2 N–H and O–H groups in total. The maximum absolute atomic E-state index is 5.63. The molecule has 1 aliphatic heterocycles. The summed E-state index contributed by atoms with van der Waals surface area (Å²) in [7, 11) is 3.51. The Hall–Kier alpha value is -2.53. The van der Waals surface area contributed by atoms with Crippen molar-refractivity contribution in [3.05, 3.63) is 65.7 Å². The molecule has 0 radical (unpaired) electrons. The summed E-state index contributed by atoms with van der Waals surface area (Å²) in [4.78, 5) is 4.40. The molecule has 5 heteroatoms. The Morgan fingerprint density at radius 3 is 2.39 bits per heavy atom. The summed E-state index contributed by atoms with van der Waals surface area (Å²) in [5.74, 6) is 1.73. The molecule has 1 saturated heterocycles. The Morgan fingerprint density at radius 1 is 1.04 bits per heavy atom. The third-order valence-electron chi connectivity index (χ3n) is 5.52. The van der Waals surface area contributed by atoms with E-state index in [9.17, 15) is 0 Å². The van der Waals surface area contributed by atoms with Gasteiger partial charge < -0.3 is 20.1 Å². The molecule has 0 amide bonds. The lowest BCUT2D eigenvalue weighted by Crippen LogP contribution is -2.48. The smallest absolute Gasteiger partial charge is 0.191 e. The van der Waals surface area contributed by atoms with Crippen LogP contribution in [0.5, 0.6) is 5.75 Å². The van der Waals surface area contributed by atoms with Crippen molar-refractivity contribution in [1.29, 1.82) is 0 Å². The highest BCUT2D eigenvalue weighted by Crippen LogP contribution is 2.34. The van der Waals surface area contributed by atoms with Crippen molar-refractivity contribution in [3.63, 3.8) is 0 Å². The number of nitrogens with one attached hydrogen (secondary N) is 2. The van der Waals surface area contributed by atoms with Crippen molar-refractivity contribution < 1.29 is 9.47 Å². The number of aliphatic imine (C=N–C) groups is 1. The highest BCUT2D eigenvalue weighted by Gasteiger charge is 2.34. The van der Waals surface area contributed by atoms with E-state index < -0.39 is 0 Å². The maximum atomic E-state index is 5.63. The molecule has 0 atom stereocenters. The number of nitrogens with zero attached hydrogens (tertiary/aromatic N) is 1. The number of rotatable bonds is 7. The molecule has 0 bridgehead atoms. The second-order valence-corrected chi connectivity index (χ2v) is 7.21. The third-order valence-corrected chi connectivity index (χ3v) is 5.52. The van der Waals surface area contributed by atoms with Crippen LogP contribution in [0.4, 0.5) is 0 Å². The first-order valence-corrected chi connectivity index (χ1v) is 9.96. The van der Waals surface area contributed by atoms with Gasteiger partial charge in [-0.15, -0.1) is 0 Å². The summed E-state index contributed by atoms with van der Waals surface area (Å²) >= 11 is 0. The summed E-state index contributed by atoms with van der Waals surface area (Å²) in [5, 5.41) is 6.98. The molecule has 5 nitrogen and oxygen atoms in total. The van der Waals surface area contributed by atoms with Gasteiger partial charge in [-0.25, -0.2) is 0 Å². The fourth-order valence-electron chi connectivity index (χ4n) is 3.71. The number of hydrogen-bond donors (Lipinski definition) is 2. The van der Waals surface area contributed by atoms with E-state index in [0.717, 1.165) is 57.3 Å². The lowest BCUT2D eigenvalue weighted by atomic mass is 9.74. The van der Waals surface area contributed by atoms with Crippen LogP contribution in [0.25, 0.3) is 0 Å². The molecule has 150 valence electrons. The Morgan fingerprint density at radius 2 is 1.75 bits per heavy atom. The Kier molecular flexibility index (Phi) is 7.31. The maximum Gasteiger partial charge on any atom is 0.191 e. The monoisotopic (exact) mass is 381 g/mol. The van der Waals surface area contributed by atoms with Crippen LogP contribution in [0.1, 0.15) is 24.0 Å². The van der Waals surface area contributed by atoms with Crippen LogP contribution in [-0.4, -0.2) is 46.4 Å². The number of ether oxygens (including phenoxy) is 2. The molecule has 1 aliphatic rings. The van der Waals surface area contributed by atoms with Gasteiger partial charge in [-0.1, -0.05) is 42.5 Å². The standard InChI is InChI=1S/C23H31N3O2/c1-24-22(25-15-12-19-8-10-21(27-2)11-9-19)26-18-23(13-16-28-17-14-23)20-6-4-3-5-7-20/h3-11H,12-18H2,1-2H3,(H2,24,25,26).